The molecule has 15 heavy (non-hydrogen) atoms. The molecule has 1 heterocycles. The van der Waals surface area contributed by atoms with Crippen molar-refractivity contribution in [1.82, 2.24) is 4.57 Å². The molecule has 2 N–H and O–H groups in total. The minimum atomic E-state index is 0.582. The first-order valence-electron chi connectivity index (χ1n) is 4.79. The first-order chi connectivity index (χ1) is 7.27. The quantitative estimate of drug-likeness (QED) is 0.869. The van der Waals surface area contributed by atoms with Gasteiger partial charge >= 0.3 is 0 Å². The lowest BCUT2D eigenvalue weighted by atomic mass is 10.2. The summed E-state index contributed by atoms with van der Waals surface area (Å²) in [6.07, 6.45) is 1.89. The molecule has 0 aliphatic heterocycles. The highest BCUT2D eigenvalue weighted by Crippen LogP contribution is 2.32. The normalized spacial score (nSPS) is 10.9. The van der Waals surface area contributed by atoms with E-state index < -0.39 is 0 Å². The molecule has 80 valence electrons. The summed E-state index contributed by atoms with van der Waals surface area (Å²) in [7, 11) is 1.66. The molecular formula is C11H13ClN2O. The van der Waals surface area contributed by atoms with Gasteiger partial charge in [0.1, 0.15) is 5.75 Å². The molecule has 1 aromatic carbocycles. The zero-order valence-electron chi connectivity index (χ0n) is 8.53. The van der Waals surface area contributed by atoms with Crippen LogP contribution < -0.4 is 10.5 Å². The molecule has 0 radical (unpaired) electrons. The molecule has 0 aliphatic rings. The van der Waals surface area contributed by atoms with E-state index in [9.17, 15) is 0 Å². The van der Waals surface area contributed by atoms with Crippen LogP contribution in [0, 0.1) is 0 Å². The Morgan fingerprint density at radius 3 is 2.93 bits per heavy atom. The Morgan fingerprint density at radius 1 is 1.47 bits per heavy atom. The number of nitrogens with two attached hydrogens (primary N) is 1. The van der Waals surface area contributed by atoms with Crippen molar-refractivity contribution in [2.75, 3.05) is 13.7 Å². The number of ether oxygens (including phenoxy) is 1. The molecule has 0 amide bonds. The van der Waals surface area contributed by atoms with Gasteiger partial charge in [0.25, 0.3) is 0 Å². The summed E-state index contributed by atoms with van der Waals surface area (Å²) in [4.78, 5) is 0. The summed E-state index contributed by atoms with van der Waals surface area (Å²) in [5.74, 6) is 0.827. The Balaban J connectivity index is 2.70. The Morgan fingerprint density at radius 2 is 2.27 bits per heavy atom. The van der Waals surface area contributed by atoms with Crippen molar-refractivity contribution in [3.8, 4) is 5.75 Å². The largest absolute Gasteiger partial charge is 0.495 e. The predicted octanol–water partition coefficient (Wildman–Crippen LogP) is 2.26. The number of nitrogens with zero attached hydrogens (tertiary/aromatic N) is 1. The maximum Gasteiger partial charge on any atom is 0.143 e. The van der Waals surface area contributed by atoms with Gasteiger partial charge in [0.15, 0.2) is 0 Å². The third-order valence-corrected chi connectivity index (χ3v) is 2.70. The van der Waals surface area contributed by atoms with Crippen LogP contribution in [0.2, 0.25) is 5.02 Å². The van der Waals surface area contributed by atoms with Gasteiger partial charge in [-0.1, -0.05) is 23.7 Å². The Kier molecular flexibility index (Phi) is 2.84. The maximum absolute atomic E-state index is 6.13. The molecule has 0 saturated carbocycles. The lowest BCUT2D eigenvalue weighted by molar-refractivity contribution is 0.417. The van der Waals surface area contributed by atoms with E-state index in [0.717, 1.165) is 28.2 Å². The lowest BCUT2D eigenvalue weighted by Crippen LogP contribution is -2.09. The molecule has 2 rings (SSSR count). The van der Waals surface area contributed by atoms with E-state index in [1.54, 1.807) is 7.11 Å². The van der Waals surface area contributed by atoms with E-state index >= 15 is 0 Å². The first kappa shape index (κ1) is 10.3. The molecule has 0 spiro atoms. The fourth-order valence-electron chi connectivity index (χ4n) is 1.76. The summed E-state index contributed by atoms with van der Waals surface area (Å²) < 4.78 is 7.33. The van der Waals surface area contributed by atoms with Gasteiger partial charge in [-0.15, -0.1) is 0 Å². The summed E-state index contributed by atoms with van der Waals surface area (Å²) in [5, 5.41) is 1.74. The van der Waals surface area contributed by atoms with Gasteiger partial charge < -0.3 is 15.0 Å². The van der Waals surface area contributed by atoms with Gasteiger partial charge in [0.05, 0.1) is 17.6 Å². The maximum atomic E-state index is 6.13. The molecule has 0 atom stereocenters. The summed E-state index contributed by atoms with van der Waals surface area (Å²) in [6.45, 7) is 1.32. The van der Waals surface area contributed by atoms with Gasteiger partial charge in [-0.05, 0) is 6.07 Å². The predicted molar refractivity (Wildman–Crippen MR) is 62.6 cm³/mol. The van der Waals surface area contributed by atoms with Gasteiger partial charge in [-0.2, -0.15) is 0 Å². The van der Waals surface area contributed by atoms with Crippen LogP contribution in [0.3, 0.4) is 0 Å². The molecule has 0 bridgehead atoms. The first-order valence-corrected chi connectivity index (χ1v) is 5.17. The number of hydrogen-bond donors (Lipinski definition) is 1. The monoisotopic (exact) mass is 224 g/mol. The van der Waals surface area contributed by atoms with Crippen LogP contribution in [0.5, 0.6) is 5.75 Å². The minimum absolute atomic E-state index is 0.582. The number of para-hydroxylation sites is 1. The smallest absolute Gasteiger partial charge is 0.143 e. The van der Waals surface area contributed by atoms with Crippen LogP contribution in [0.1, 0.15) is 0 Å². The standard InChI is InChI=1S/C11H13ClN2O/c1-15-10-4-2-3-8-9(12)7-14(6-5-13)11(8)10/h2-4,7H,5-6,13H2,1H3. The van der Waals surface area contributed by atoms with E-state index in [1.807, 2.05) is 29.0 Å². The van der Waals surface area contributed by atoms with Crippen molar-refractivity contribution >= 4 is 22.5 Å². The van der Waals surface area contributed by atoms with Crippen LogP contribution in [0.4, 0.5) is 0 Å². The second-order valence-corrected chi connectivity index (χ2v) is 3.72. The van der Waals surface area contributed by atoms with Crippen LogP contribution in [0.15, 0.2) is 24.4 Å². The van der Waals surface area contributed by atoms with Crippen molar-refractivity contribution in [3.05, 3.63) is 29.4 Å². The third-order valence-electron chi connectivity index (χ3n) is 2.40. The number of rotatable bonds is 3. The van der Waals surface area contributed by atoms with Crippen molar-refractivity contribution in [1.29, 1.82) is 0 Å². The molecule has 0 aliphatic carbocycles. The van der Waals surface area contributed by atoms with Crippen molar-refractivity contribution in [2.45, 2.75) is 6.54 Å². The van der Waals surface area contributed by atoms with Gasteiger partial charge in [0, 0.05) is 24.7 Å². The van der Waals surface area contributed by atoms with Gasteiger partial charge in [-0.25, -0.2) is 0 Å². The number of fused-ring (bicyclic) bond motifs is 1. The highest BCUT2D eigenvalue weighted by molar-refractivity contribution is 6.35. The zero-order chi connectivity index (χ0) is 10.8. The minimum Gasteiger partial charge on any atom is -0.495 e. The van der Waals surface area contributed by atoms with Crippen molar-refractivity contribution < 1.29 is 4.74 Å². The van der Waals surface area contributed by atoms with Gasteiger partial charge in [-0.3, -0.25) is 0 Å². The average molecular weight is 225 g/mol. The SMILES string of the molecule is COc1cccc2c(Cl)cn(CCN)c12. The molecular weight excluding hydrogens is 212 g/mol. The van der Waals surface area contributed by atoms with Crippen LogP contribution in [-0.4, -0.2) is 18.2 Å². The number of aromatic nitrogens is 1. The fourth-order valence-corrected chi connectivity index (χ4v) is 2.03. The summed E-state index contributed by atoms with van der Waals surface area (Å²) in [5.41, 5.74) is 6.56. The number of halogens is 1. The molecule has 0 unspecified atom stereocenters. The molecule has 3 nitrogen and oxygen atoms in total. The molecule has 2 aromatic rings. The molecule has 1 aromatic heterocycles. The number of methoxy groups -OCH3 is 1. The van der Waals surface area contributed by atoms with Crippen molar-refractivity contribution in [2.24, 2.45) is 5.73 Å². The van der Waals surface area contributed by atoms with Gasteiger partial charge in [0.2, 0.25) is 0 Å². The van der Waals surface area contributed by atoms with Crippen LogP contribution >= 0.6 is 11.6 Å². The van der Waals surface area contributed by atoms with Crippen LogP contribution in [0.25, 0.3) is 10.9 Å². The second kappa shape index (κ2) is 4.13. The lowest BCUT2D eigenvalue weighted by Gasteiger charge is -2.07. The van der Waals surface area contributed by atoms with Crippen molar-refractivity contribution in [3.63, 3.8) is 0 Å². The highest BCUT2D eigenvalue weighted by Gasteiger charge is 2.10. The van der Waals surface area contributed by atoms with E-state index in [4.69, 9.17) is 22.1 Å². The Bertz CT molecular complexity index is 479. The molecule has 0 saturated heterocycles. The van der Waals surface area contributed by atoms with E-state index in [1.165, 1.54) is 0 Å². The van der Waals surface area contributed by atoms with E-state index in [-0.39, 0.29) is 0 Å². The third kappa shape index (κ3) is 1.68. The Labute approximate surface area is 93.4 Å². The Hall–Kier alpha value is -1.19. The number of hydrogen-bond acceptors (Lipinski definition) is 2. The average Bonchev–Trinajstić information content (AvgIpc) is 2.57. The number of benzene rings is 1. The summed E-state index contributed by atoms with van der Waals surface area (Å²) >= 11 is 6.13. The molecule has 4 heteroatoms. The summed E-state index contributed by atoms with van der Waals surface area (Å²) in [6, 6.07) is 5.83. The second-order valence-electron chi connectivity index (χ2n) is 3.32. The van der Waals surface area contributed by atoms with E-state index in [0.29, 0.717) is 6.54 Å². The van der Waals surface area contributed by atoms with E-state index in [2.05, 4.69) is 0 Å². The fraction of sp³-hybridized carbons (Fsp3) is 0.273. The molecule has 0 fully saturated rings. The highest BCUT2D eigenvalue weighted by atomic mass is 35.5. The van der Waals surface area contributed by atoms with Crippen LogP contribution in [-0.2, 0) is 6.54 Å². The zero-order valence-corrected chi connectivity index (χ0v) is 9.29. The topological polar surface area (TPSA) is 40.2 Å².